The van der Waals surface area contributed by atoms with E-state index in [1.165, 1.54) is 23.5 Å². The van der Waals surface area contributed by atoms with Crippen LogP contribution in [0.1, 0.15) is 16.1 Å². The van der Waals surface area contributed by atoms with Gasteiger partial charge in [-0.25, -0.2) is 13.4 Å². The largest absolute Gasteiger partial charge is 0.306 e. The number of fused-ring (bicyclic) bond motifs is 1. The number of aryl methyl sites for hydroxylation is 1. The molecule has 0 bridgehead atoms. The number of carbonyl (C=O) groups excluding carboxylic acids is 1. The molecule has 0 atom stereocenters. The van der Waals surface area contributed by atoms with Crippen LogP contribution in [0.15, 0.2) is 59.5 Å². The van der Waals surface area contributed by atoms with Gasteiger partial charge in [-0.3, -0.25) is 4.79 Å². The molecule has 4 rings (SSSR count). The molecule has 0 aliphatic heterocycles. The van der Waals surface area contributed by atoms with Crippen LogP contribution in [0.25, 0.3) is 15.3 Å². The summed E-state index contributed by atoms with van der Waals surface area (Å²) in [7, 11) is -3.40. The SMILES string of the molecule is Cc1cc(NC(=O)c2cccc(S(C)(=O)=O)c2)n(-c2nc3ccccc3s2)n1. The number of hydrogen-bond donors (Lipinski definition) is 1. The van der Waals surface area contributed by atoms with E-state index in [1.54, 1.807) is 22.9 Å². The number of sulfone groups is 1. The van der Waals surface area contributed by atoms with Crippen molar-refractivity contribution in [1.29, 1.82) is 0 Å². The van der Waals surface area contributed by atoms with Crippen molar-refractivity contribution in [3.8, 4) is 5.13 Å². The topological polar surface area (TPSA) is 94.0 Å². The van der Waals surface area contributed by atoms with Crippen molar-refractivity contribution in [2.45, 2.75) is 11.8 Å². The molecule has 0 unspecified atom stereocenters. The van der Waals surface area contributed by atoms with Crippen molar-refractivity contribution >= 4 is 43.1 Å². The molecular weight excluding hydrogens is 396 g/mol. The van der Waals surface area contributed by atoms with Gasteiger partial charge in [0.1, 0.15) is 5.82 Å². The molecule has 142 valence electrons. The standard InChI is InChI=1S/C19H16N4O3S2/c1-12-10-17(21-18(24)13-6-5-7-14(11-13)28(2,25)26)23(22-12)19-20-15-8-3-4-9-16(15)27-19/h3-11H,1-2H3,(H,21,24). The molecule has 0 spiro atoms. The number of para-hydroxylation sites is 1. The van der Waals surface area contributed by atoms with Gasteiger partial charge in [0.25, 0.3) is 5.91 Å². The van der Waals surface area contributed by atoms with Crippen LogP contribution in [0.2, 0.25) is 0 Å². The fourth-order valence-electron chi connectivity index (χ4n) is 2.74. The second-order valence-corrected chi connectivity index (χ2v) is 9.33. The Hall–Kier alpha value is -3.04. The summed E-state index contributed by atoms with van der Waals surface area (Å²) in [6.07, 6.45) is 1.11. The zero-order valence-electron chi connectivity index (χ0n) is 15.1. The molecule has 0 radical (unpaired) electrons. The first-order valence-corrected chi connectivity index (χ1v) is 11.1. The lowest BCUT2D eigenvalue weighted by atomic mass is 10.2. The third kappa shape index (κ3) is 3.54. The minimum atomic E-state index is -3.40. The first kappa shape index (κ1) is 18.3. The molecule has 2 aromatic heterocycles. The molecule has 0 aliphatic rings. The number of carbonyl (C=O) groups is 1. The Kier molecular flexibility index (Phi) is 4.48. The zero-order chi connectivity index (χ0) is 19.9. The highest BCUT2D eigenvalue weighted by atomic mass is 32.2. The third-order valence-corrected chi connectivity index (χ3v) is 6.18. The first-order valence-electron chi connectivity index (χ1n) is 8.35. The summed E-state index contributed by atoms with van der Waals surface area (Å²) < 4.78 is 26.1. The maximum atomic E-state index is 12.7. The van der Waals surface area contributed by atoms with Crippen LogP contribution in [0.4, 0.5) is 5.82 Å². The lowest BCUT2D eigenvalue weighted by molar-refractivity contribution is 0.102. The second kappa shape index (κ2) is 6.84. The summed E-state index contributed by atoms with van der Waals surface area (Å²) in [6.45, 7) is 1.82. The highest BCUT2D eigenvalue weighted by molar-refractivity contribution is 7.90. The van der Waals surface area contributed by atoms with Crippen LogP contribution in [0.5, 0.6) is 0 Å². The maximum absolute atomic E-state index is 12.7. The molecular formula is C19H16N4O3S2. The Morgan fingerprint density at radius 1 is 1.11 bits per heavy atom. The summed E-state index contributed by atoms with van der Waals surface area (Å²) >= 11 is 1.47. The average Bonchev–Trinajstić information content (AvgIpc) is 3.24. The van der Waals surface area contributed by atoms with Crippen LogP contribution < -0.4 is 5.32 Å². The number of nitrogens with one attached hydrogen (secondary N) is 1. The Labute approximate surface area is 165 Å². The normalized spacial score (nSPS) is 11.6. The van der Waals surface area contributed by atoms with E-state index in [1.807, 2.05) is 31.2 Å². The van der Waals surface area contributed by atoms with E-state index in [4.69, 9.17) is 0 Å². The van der Waals surface area contributed by atoms with Crippen molar-refractivity contribution in [3.05, 3.63) is 65.9 Å². The van der Waals surface area contributed by atoms with Crippen molar-refractivity contribution in [3.63, 3.8) is 0 Å². The number of rotatable bonds is 4. The van der Waals surface area contributed by atoms with Gasteiger partial charge < -0.3 is 5.32 Å². The van der Waals surface area contributed by atoms with Crippen LogP contribution in [-0.4, -0.2) is 35.3 Å². The minimum absolute atomic E-state index is 0.0935. The van der Waals surface area contributed by atoms with Gasteiger partial charge in [0, 0.05) is 17.9 Å². The predicted octanol–water partition coefficient (Wildman–Crippen LogP) is 3.45. The van der Waals surface area contributed by atoms with Gasteiger partial charge in [0.15, 0.2) is 9.84 Å². The van der Waals surface area contributed by atoms with Gasteiger partial charge in [0.2, 0.25) is 5.13 Å². The van der Waals surface area contributed by atoms with E-state index >= 15 is 0 Å². The van der Waals surface area contributed by atoms with Crippen molar-refractivity contribution in [1.82, 2.24) is 14.8 Å². The molecule has 1 amide bonds. The predicted molar refractivity (Wildman–Crippen MR) is 109 cm³/mol. The van der Waals surface area contributed by atoms with E-state index in [-0.39, 0.29) is 10.5 Å². The summed E-state index contributed by atoms with van der Waals surface area (Å²) in [5.74, 6) is 0.0408. The monoisotopic (exact) mass is 412 g/mol. The summed E-state index contributed by atoms with van der Waals surface area (Å²) in [4.78, 5) is 17.4. The Morgan fingerprint density at radius 3 is 2.64 bits per heavy atom. The van der Waals surface area contributed by atoms with E-state index in [0.29, 0.717) is 10.9 Å². The minimum Gasteiger partial charge on any atom is -0.306 e. The molecule has 2 aromatic carbocycles. The average molecular weight is 412 g/mol. The molecule has 1 N–H and O–H groups in total. The fraction of sp³-hybridized carbons (Fsp3) is 0.105. The third-order valence-electron chi connectivity index (χ3n) is 4.06. The molecule has 0 aliphatic carbocycles. The zero-order valence-corrected chi connectivity index (χ0v) is 16.7. The molecule has 0 saturated heterocycles. The molecule has 7 nitrogen and oxygen atoms in total. The van der Waals surface area contributed by atoms with E-state index in [9.17, 15) is 13.2 Å². The molecule has 4 aromatic rings. The molecule has 9 heteroatoms. The summed E-state index contributed by atoms with van der Waals surface area (Å²) in [5.41, 5.74) is 1.82. The lowest BCUT2D eigenvalue weighted by Crippen LogP contribution is -2.15. The van der Waals surface area contributed by atoms with Gasteiger partial charge in [-0.15, -0.1) is 0 Å². The van der Waals surface area contributed by atoms with E-state index in [2.05, 4.69) is 15.4 Å². The highest BCUT2D eigenvalue weighted by Gasteiger charge is 2.17. The van der Waals surface area contributed by atoms with Crippen LogP contribution in [0, 0.1) is 6.92 Å². The quantitative estimate of drug-likeness (QED) is 0.554. The van der Waals surface area contributed by atoms with Gasteiger partial charge in [-0.2, -0.15) is 9.78 Å². The van der Waals surface area contributed by atoms with Gasteiger partial charge in [0.05, 0.1) is 20.8 Å². The maximum Gasteiger partial charge on any atom is 0.256 e. The molecule has 0 saturated carbocycles. The number of nitrogens with zero attached hydrogens (tertiary/aromatic N) is 3. The number of amides is 1. The van der Waals surface area contributed by atoms with Crippen molar-refractivity contribution in [2.24, 2.45) is 0 Å². The second-order valence-electron chi connectivity index (χ2n) is 6.30. The number of benzene rings is 2. The number of anilines is 1. The summed E-state index contributed by atoms with van der Waals surface area (Å²) in [6, 6.07) is 15.4. The van der Waals surface area contributed by atoms with Crippen molar-refractivity contribution < 1.29 is 13.2 Å². The molecule has 2 heterocycles. The molecule has 0 fully saturated rings. The Bertz CT molecular complexity index is 1270. The molecule has 28 heavy (non-hydrogen) atoms. The van der Waals surface area contributed by atoms with Gasteiger partial charge >= 0.3 is 0 Å². The first-order chi connectivity index (χ1) is 13.3. The van der Waals surface area contributed by atoms with Gasteiger partial charge in [-0.05, 0) is 37.3 Å². The van der Waals surface area contributed by atoms with E-state index in [0.717, 1.165) is 22.2 Å². The van der Waals surface area contributed by atoms with Crippen LogP contribution in [-0.2, 0) is 9.84 Å². The van der Waals surface area contributed by atoms with E-state index < -0.39 is 15.7 Å². The number of hydrogen-bond acceptors (Lipinski definition) is 6. The Morgan fingerprint density at radius 2 is 1.89 bits per heavy atom. The number of aromatic nitrogens is 3. The summed E-state index contributed by atoms with van der Waals surface area (Å²) in [5, 5.41) is 7.87. The lowest BCUT2D eigenvalue weighted by Gasteiger charge is -2.07. The van der Waals surface area contributed by atoms with Crippen molar-refractivity contribution in [2.75, 3.05) is 11.6 Å². The number of thiazole rings is 1. The van der Waals surface area contributed by atoms with Crippen LogP contribution in [0.3, 0.4) is 0 Å². The highest BCUT2D eigenvalue weighted by Crippen LogP contribution is 2.27. The Balaban J connectivity index is 1.69. The fourth-order valence-corrected chi connectivity index (χ4v) is 4.34. The van der Waals surface area contributed by atoms with Gasteiger partial charge in [-0.1, -0.05) is 29.5 Å². The van der Waals surface area contributed by atoms with Crippen LogP contribution >= 0.6 is 11.3 Å². The smallest absolute Gasteiger partial charge is 0.256 e.